The van der Waals surface area contributed by atoms with Crippen LogP contribution in [0.4, 0.5) is 0 Å². The Hall–Kier alpha value is 0. The van der Waals surface area contributed by atoms with Gasteiger partial charge in [0.15, 0.2) is 0 Å². The summed E-state index contributed by atoms with van der Waals surface area (Å²) in [6, 6.07) is 0. The van der Waals surface area contributed by atoms with Crippen LogP contribution in [0.25, 0.3) is 0 Å². The normalized spacial score (nSPS) is 11.7. The Morgan fingerprint density at radius 1 is 0.556 bits per heavy atom. The van der Waals surface area contributed by atoms with Crippen LogP contribution in [0.3, 0.4) is 0 Å². The van der Waals surface area contributed by atoms with E-state index in [0.29, 0.717) is 0 Å². The molecule has 0 bridgehead atoms. The van der Waals surface area contributed by atoms with Crippen LogP contribution in [0.2, 0.25) is 0 Å². The summed E-state index contributed by atoms with van der Waals surface area (Å²) < 4.78 is 0. The Kier molecular flexibility index (Phi) is 13.4. The second-order valence-electron chi connectivity index (χ2n) is 6.54. The maximum Gasteiger partial charge on any atom is -0.0414 e. The summed E-state index contributed by atoms with van der Waals surface area (Å²) in [6.45, 7) is 9.32. The van der Waals surface area contributed by atoms with E-state index in [0.717, 1.165) is 11.8 Å². The van der Waals surface area contributed by atoms with E-state index >= 15 is 0 Å². The van der Waals surface area contributed by atoms with Crippen molar-refractivity contribution >= 4 is 0 Å². The molecule has 0 aromatic rings. The molecule has 0 aromatic carbocycles. The van der Waals surface area contributed by atoms with Gasteiger partial charge >= 0.3 is 0 Å². The first-order valence-corrected chi connectivity index (χ1v) is 8.70. The molecule has 0 nitrogen and oxygen atoms in total. The van der Waals surface area contributed by atoms with Crippen LogP contribution < -0.4 is 0 Å². The average Bonchev–Trinajstić information content (AvgIpc) is 2.35. The quantitative estimate of drug-likeness (QED) is 0.311. The third-order valence-electron chi connectivity index (χ3n) is 4.08. The fraction of sp³-hybridized carbons (Fsp3) is 1.00. The molecular formula is C18H38. The van der Waals surface area contributed by atoms with Crippen molar-refractivity contribution < 1.29 is 0 Å². The van der Waals surface area contributed by atoms with Crippen molar-refractivity contribution in [2.75, 3.05) is 0 Å². The van der Waals surface area contributed by atoms with Gasteiger partial charge in [-0.15, -0.1) is 0 Å². The highest BCUT2D eigenvalue weighted by atomic mass is 14.1. The third kappa shape index (κ3) is 12.5. The summed E-state index contributed by atoms with van der Waals surface area (Å²) in [7, 11) is 0. The molecule has 0 spiro atoms. The van der Waals surface area contributed by atoms with E-state index in [1.807, 2.05) is 0 Å². The van der Waals surface area contributed by atoms with E-state index in [2.05, 4.69) is 27.7 Å². The zero-order chi connectivity index (χ0) is 13.6. The molecule has 0 aliphatic heterocycles. The molecule has 0 radical (unpaired) electrons. The van der Waals surface area contributed by atoms with Crippen molar-refractivity contribution in [3.63, 3.8) is 0 Å². The Bertz CT molecular complexity index is 140. The fourth-order valence-corrected chi connectivity index (χ4v) is 2.76. The van der Waals surface area contributed by atoms with Crippen molar-refractivity contribution in [1.82, 2.24) is 0 Å². The van der Waals surface area contributed by atoms with Crippen molar-refractivity contribution in [2.24, 2.45) is 11.8 Å². The van der Waals surface area contributed by atoms with Gasteiger partial charge in [0.1, 0.15) is 0 Å². The lowest BCUT2D eigenvalue weighted by molar-refractivity contribution is 0.375. The molecule has 0 aliphatic rings. The van der Waals surface area contributed by atoms with Crippen LogP contribution in [-0.4, -0.2) is 0 Å². The topological polar surface area (TPSA) is 0 Å². The van der Waals surface area contributed by atoms with E-state index in [4.69, 9.17) is 0 Å². The molecule has 0 unspecified atom stereocenters. The van der Waals surface area contributed by atoms with Crippen LogP contribution in [-0.2, 0) is 0 Å². The highest BCUT2D eigenvalue weighted by Crippen LogP contribution is 2.23. The van der Waals surface area contributed by atoms with Crippen molar-refractivity contribution in [2.45, 2.75) is 105 Å². The Labute approximate surface area is 117 Å². The molecule has 0 N–H and O–H groups in total. The minimum absolute atomic E-state index is 0.895. The van der Waals surface area contributed by atoms with E-state index < -0.39 is 0 Å². The van der Waals surface area contributed by atoms with Gasteiger partial charge in [-0.1, -0.05) is 105 Å². The highest BCUT2D eigenvalue weighted by molar-refractivity contribution is 4.60. The molecule has 0 aliphatic carbocycles. The van der Waals surface area contributed by atoms with Gasteiger partial charge in [0.25, 0.3) is 0 Å². The van der Waals surface area contributed by atoms with Crippen molar-refractivity contribution in [3.8, 4) is 0 Å². The molecule has 0 rings (SSSR count). The summed E-state index contributed by atoms with van der Waals surface area (Å²) in [5, 5.41) is 0. The summed E-state index contributed by atoms with van der Waals surface area (Å²) in [5.74, 6) is 1.93. The highest BCUT2D eigenvalue weighted by Gasteiger charge is 2.07. The maximum atomic E-state index is 2.34. The molecule has 0 saturated heterocycles. The molecule has 0 saturated carbocycles. The average molecular weight is 255 g/mol. The summed E-state index contributed by atoms with van der Waals surface area (Å²) in [4.78, 5) is 0. The van der Waals surface area contributed by atoms with Gasteiger partial charge in [-0.2, -0.15) is 0 Å². The van der Waals surface area contributed by atoms with E-state index in [9.17, 15) is 0 Å². The Morgan fingerprint density at radius 2 is 1.00 bits per heavy atom. The molecule has 0 heterocycles. The van der Waals surface area contributed by atoms with Crippen molar-refractivity contribution in [1.29, 1.82) is 0 Å². The van der Waals surface area contributed by atoms with E-state index in [-0.39, 0.29) is 0 Å². The number of rotatable bonds is 13. The molecule has 0 heteroatoms. The van der Waals surface area contributed by atoms with Crippen LogP contribution in [0.15, 0.2) is 0 Å². The number of hydrogen-bond acceptors (Lipinski definition) is 0. The summed E-state index contributed by atoms with van der Waals surface area (Å²) in [5.41, 5.74) is 0. The van der Waals surface area contributed by atoms with Gasteiger partial charge in [-0.25, -0.2) is 0 Å². The first kappa shape index (κ1) is 18.0. The lowest BCUT2D eigenvalue weighted by atomic mass is 9.90. The largest absolute Gasteiger partial charge is 0.0654 e. The Morgan fingerprint density at radius 3 is 1.44 bits per heavy atom. The standard InChI is InChI=1S/C18H38/c1-5-7-14-18(15-8-6-2)16-12-10-9-11-13-17(3)4/h17-18H,5-16H2,1-4H3. The van der Waals surface area contributed by atoms with Gasteiger partial charge in [0.05, 0.1) is 0 Å². The van der Waals surface area contributed by atoms with E-state index in [1.54, 1.807) is 0 Å². The summed E-state index contributed by atoms with van der Waals surface area (Å²) in [6.07, 6.45) is 17.4. The first-order chi connectivity index (χ1) is 8.70. The minimum atomic E-state index is 0.895. The van der Waals surface area contributed by atoms with Gasteiger partial charge in [0, 0.05) is 0 Å². The number of unbranched alkanes of at least 4 members (excludes halogenated alkanes) is 5. The fourth-order valence-electron chi connectivity index (χ4n) is 2.76. The Balaban J connectivity index is 3.49. The third-order valence-corrected chi connectivity index (χ3v) is 4.08. The monoisotopic (exact) mass is 254 g/mol. The molecule has 18 heavy (non-hydrogen) atoms. The predicted octanol–water partition coefficient (Wildman–Crippen LogP) is 6.98. The molecule has 0 amide bonds. The molecule has 0 fully saturated rings. The van der Waals surface area contributed by atoms with Crippen LogP contribution >= 0.6 is 0 Å². The lowest BCUT2D eigenvalue weighted by Gasteiger charge is -2.16. The zero-order valence-corrected chi connectivity index (χ0v) is 13.6. The minimum Gasteiger partial charge on any atom is -0.0654 e. The molecular weight excluding hydrogens is 216 g/mol. The first-order valence-electron chi connectivity index (χ1n) is 8.70. The molecule has 0 atom stereocenters. The van der Waals surface area contributed by atoms with Crippen molar-refractivity contribution in [3.05, 3.63) is 0 Å². The smallest absolute Gasteiger partial charge is 0.0414 e. The number of hydrogen-bond donors (Lipinski definition) is 0. The van der Waals surface area contributed by atoms with Gasteiger partial charge in [-0.3, -0.25) is 0 Å². The predicted molar refractivity (Wildman–Crippen MR) is 85.1 cm³/mol. The van der Waals surface area contributed by atoms with Gasteiger partial charge in [-0.05, 0) is 11.8 Å². The van der Waals surface area contributed by atoms with Gasteiger partial charge < -0.3 is 0 Å². The SMILES string of the molecule is CCCCC(CCCC)CCCCCCC(C)C. The molecule has 110 valence electrons. The second kappa shape index (κ2) is 13.4. The van der Waals surface area contributed by atoms with Crippen LogP contribution in [0.5, 0.6) is 0 Å². The lowest BCUT2D eigenvalue weighted by Crippen LogP contribution is -2.01. The van der Waals surface area contributed by atoms with Crippen LogP contribution in [0.1, 0.15) is 105 Å². The van der Waals surface area contributed by atoms with E-state index in [1.165, 1.54) is 77.0 Å². The maximum absolute atomic E-state index is 2.34. The van der Waals surface area contributed by atoms with Gasteiger partial charge in [0.2, 0.25) is 0 Å². The zero-order valence-electron chi connectivity index (χ0n) is 13.6. The van der Waals surface area contributed by atoms with Crippen LogP contribution in [0, 0.1) is 11.8 Å². The second-order valence-corrected chi connectivity index (χ2v) is 6.54. The molecule has 0 aromatic heterocycles. The summed E-state index contributed by atoms with van der Waals surface area (Å²) >= 11 is 0.